The van der Waals surface area contributed by atoms with Crippen molar-refractivity contribution in [2.24, 2.45) is 0 Å². The van der Waals surface area contributed by atoms with Gasteiger partial charge in [0.25, 0.3) is 5.56 Å². The summed E-state index contributed by atoms with van der Waals surface area (Å²) in [5.74, 6) is 0. The maximum absolute atomic E-state index is 12.9. The highest BCUT2D eigenvalue weighted by molar-refractivity contribution is 7.89. The normalized spacial score (nSPS) is 12.2. The Hall–Kier alpha value is -2.59. The van der Waals surface area contributed by atoms with Crippen LogP contribution in [-0.4, -0.2) is 50.6 Å². The van der Waals surface area contributed by atoms with Crippen LogP contribution in [0.1, 0.15) is 25.2 Å². The molecule has 0 fully saturated rings. The molecule has 1 aromatic carbocycles. The van der Waals surface area contributed by atoms with Gasteiger partial charge in [0.1, 0.15) is 17.1 Å². The number of fused-ring (bicyclic) bond motifs is 1. The summed E-state index contributed by atoms with van der Waals surface area (Å²) in [6.07, 6.45) is 0. The lowest BCUT2D eigenvalue weighted by Gasteiger charge is -2.18. The maximum Gasteiger partial charge on any atom is 0.279 e. The molecule has 10 heteroatoms. The maximum atomic E-state index is 12.9. The van der Waals surface area contributed by atoms with Gasteiger partial charge in [-0.1, -0.05) is 31.2 Å². The Labute approximate surface area is 157 Å². The van der Waals surface area contributed by atoms with Crippen molar-refractivity contribution >= 4 is 20.9 Å². The van der Waals surface area contributed by atoms with Gasteiger partial charge in [-0.2, -0.15) is 14.1 Å². The van der Waals surface area contributed by atoms with Gasteiger partial charge in [-0.15, -0.1) is 5.10 Å². The van der Waals surface area contributed by atoms with Crippen LogP contribution in [0, 0.1) is 13.8 Å². The van der Waals surface area contributed by atoms with Crippen molar-refractivity contribution in [2.75, 3.05) is 13.1 Å². The first-order valence-corrected chi connectivity index (χ1v) is 10.1. The van der Waals surface area contributed by atoms with Crippen LogP contribution in [0.2, 0.25) is 0 Å². The largest absolute Gasteiger partial charge is 0.279 e. The van der Waals surface area contributed by atoms with Crippen molar-refractivity contribution in [2.45, 2.75) is 39.3 Å². The van der Waals surface area contributed by atoms with Gasteiger partial charge < -0.3 is 0 Å². The first-order valence-electron chi connectivity index (χ1n) is 8.68. The number of benzene rings is 1. The molecule has 0 bridgehead atoms. The standard InChI is InChI=1S/C17H22N6O3S/c1-5-21(6-2)27(25,26)16-12(3)19-22(13(16)4)11-23-17(24)14-9-7-8-10-15(14)18-20-23/h7-10H,5-6,11H2,1-4H3. The summed E-state index contributed by atoms with van der Waals surface area (Å²) in [5.41, 5.74) is 1.06. The monoisotopic (exact) mass is 390 g/mol. The van der Waals surface area contributed by atoms with Crippen molar-refractivity contribution in [1.82, 2.24) is 29.1 Å². The molecule has 2 aromatic heterocycles. The van der Waals surface area contributed by atoms with Crippen LogP contribution in [0.15, 0.2) is 34.0 Å². The van der Waals surface area contributed by atoms with E-state index in [4.69, 9.17) is 0 Å². The minimum Gasteiger partial charge on any atom is -0.267 e. The van der Waals surface area contributed by atoms with Gasteiger partial charge in [-0.3, -0.25) is 4.79 Å². The summed E-state index contributed by atoms with van der Waals surface area (Å²) in [6.45, 7) is 7.64. The molecule has 0 atom stereocenters. The molecular formula is C17H22N6O3S. The summed E-state index contributed by atoms with van der Waals surface area (Å²) in [7, 11) is -3.65. The van der Waals surface area contributed by atoms with E-state index in [9.17, 15) is 13.2 Å². The molecule has 0 amide bonds. The Bertz CT molecular complexity index is 1150. The van der Waals surface area contributed by atoms with Gasteiger partial charge in [0.05, 0.1) is 16.8 Å². The van der Waals surface area contributed by atoms with E-state index in [1.165, 1.54) is 13.7 Å². The van der Waals surface area contributed by atoms with Crippen LogP contribution >= 0.6 is 0 Å². The minimum atomic E-state index is -3.65. The van der Waals surface area contributed by atoms with Crippen molar-refractivity contribution in [3.8, 4) is 0 Å². The van der Waals surface area contributed by atoms with Crippen LogP contribution in [0.3, 0.4) is 0 Å². The molecule has 9 nitrogen and oxygen atoms in total. The highest BCUT2D eigenvalue weighted by Crippen LogP contribution is 2.23. The molecule has 0 spiro atoms. The molecule has 0 aliphatic heterocycles. The number of rotatable bonds is 6. The summed E-state index contributed by atoms with van der Waals surface area (Å²) < 4.78 is 29.9. The molecule has 2 heterocycles. The number of nitrogens with zero attached hydrogens (tertiary/aromatic N) is 6. The Kier molecular flexibility index (Phi) is 5.11. The first-order chi connectivity index (χ1) is 12.8. The average Bonchev–Trinajstić information content (AvgIpc) is 2.92. The predicted molar refractivity (Wildman–Crippen MR) is 101 cm³/mol. The fraction of sp³-hybridized carbons (Fsp3) is 0.412. The third-order valence-electron chi connectivity index (χ3n) is 4.52. The zero-order valence-corrected chi connectivity index (χ0v) is 16.6. The van der Waals surface area contributed by atoms with Crippen molar-refractivity contribution < 1.29 is 8.42 Å². The lowest BCUT2D eigenvalue weighted by molar-refractivity contribution is 0.442. The zero-order chi connectivity index (χ0) is 19.8. The molecular weight excluding hydrogens is 368 g/mol. The lowest BCUT2D eigenvalue weighted by atomic mass is 10.2. The molecule has 27 heavy (non-hydrogen) atoms. The molecule has 0 aliphatic carbocycles. The molecule has 0 aliphatic rings. The summed E-state index contributed by atoms with van der Waals surface area (Å²) in [4.78, 5) is 12.8. The minimum absolute atomic E-state index is 0.0168. The summed E-state index contributed by atoms with van der Waals surface area (Å²) in [5, 5.41) is 12.8. The quantitative estimate of drug-likeness (QED) is 0.625. The van der Waals surface area contributed by atoms with E-state index >= 15 is 0 Å². The van der Waals surface area contributed by atoms with Gasteiger partial charge >= 0.3 is 0 Å². The number of hydrogen-bond acceptors (Lipinski definition) is 6. The highest BCUT2D eigenvalue weighted by Gasteiger charge is 2.29. The second kappa shape index (κ2) is 7.20. The van der Waals surface area contributed by atoms with E-state index in [-0.39, 0.29) is 17.1 Å². The molecule has 3 rings (SSSR count). The Morgan fingerprint density at radius 1 is 1.07 bits per heavy atom. The van der Waals surface area contributed by atoms with Crippen LogP contribution < -0.4 is 5.56 Å². The fourth-order valence-electron chi connectivity index (χ4n) is 3.13. The Morgan fingerprint density at radius 3 is 2.41 bits per heavy atom. The molecule has 3 aromatic rings. The van der Waals surface area contributed by atoms with Crippen LogP contribution in [0.5, 0.6) is 0 Å². The van der Waals surface area contributed by atoms with E-state index in [2.05, 4.69) is 15.4 Å². The zero-order valence-electron chi connectivity index (χ0n) is 15.7. The van der Waals surface area contributed by atoms with Crippen molar-refractivity contribution in [1.29, 1.82) is 0 Å². The lowest BCUT2D eigenvalue weighted by Crippen LogP contribution is -2.31. The average molecular weight is 390 g/mol. The fourth-order valence-corrected chi connectivity index (χ4v) is 4.96. The number of hydrogen-bond donors (Lipinski definition) is 0. The van der Waals surface area contributed by atoms with E-state index < -0.39 is 10.0 Å². The van der Waals surface area contributed by atoms with Crippen molar-refractivity contribution in [3.05, 3.63) is 46.0 Å². The first kappa shape index (κ1) is 19.2. The molecule has 0 N–H and O–H groups in total. The van der Waals surface area contributed by atoms with Gasteiger partial charge in [-0.25, -0.2) is 13.1 Å². The van der Waals surface area contributed by atoms with E-state index in [1.54, 1.807) is 52.0 Å². The number of aromatic nitrogens is 5. The second-order valence-electron chi connectivity index (χ2n) is 6.14. The van der Waals surface area contributed by atoms with Crippen LogP contribution in [-0.2, 0) is 16.7 Å². The summed E-state index contributed by atoms with van der Waals surface area (Å²) in [6, 6.07) is 6.94. The molecule has 0 saturated heterocycles. The predicted octanol–water partition coefficient (Wildman–Crippen LogP) is 1.14. The third-order valence-corrected chi connectivity index (χ3v) is 6.82. The van der Waals surface area contributed by atoms with E-state index in [0.717, 1.165) is 0 Å². The Balaban J connectivity index is 2.06. The van der Waals surface area contributed by atoms with Gasteiger partial charge in [0.15, 0.2) is 0 Å². The third kappa shape index (κ3) is 3.26. The molecule has 0 unspecified atom stereocenters. The van der Waals surface area contributed by atoms with E-state index in [1.807, 2.05) is 0 Å². The van der Waals surface area contributed by atoms with Crippen molar-refractivity contribution in [3.63, 3.8) is 0 Å². The van der Waals surface area contributed by atoms with Gasteiger partial charge in [-0.05, 0) is 26.0 Å². The van der Waals surface area contributed by atoms with Crippen LogP contribution in [0.4, 0.5) is 0 Å². The van der Waals surface area contributed by atoms with E-state index in [0.29, 0.717) is 35.4 Å². The Morgan fingerprint density at radius 2 is 1.74 bits per heavy atom. The summed E-state index contributed by atoms with van der Waals surface area (Å²) >= 11 is 0. The van der Waals surface area contributed by atoms with Gasteiger partial charge in [0.2, 0.25) is 10.0 Å². The topological polar surface area (TPSA) is 103 Å². The number of sulfonamides is 1. The van der Waals surface area contributed by atoms with Crippen LogP contribution in [0.25, 0.3) is 10.9 Å². The smallest absolute Gasteiger partial charge is 0.267 e. The SMILES string of the molecule is CCN(CC)S(=O)(=O)c1c(C)nn(Cn2nnc3ccccc3c2=O)c1C. The highest BCUT2D eigenvalue weighted by atomic mass is 32.2. The van der Waals surface area contributed by atoms with Gasteiger partial charge in [0, 0.05) is 13.1 Å². The molecule has 144 valence electrons. The molecule has 0 saturated carbocycles. The number of aryl methyl sites for hydroxylation is 1. The second-order valence-corrected chi connectivity index (χ2v) is 8.02. The molecule has 0 radical (unpaired) electrons.